The molecule has 5 heteroatoms. The molecule has 1 heterocycles. The number of methoxy groups -OCH3 is 1. The van der Waals surface area contributed by atoms with Crippen LogP contribution in [0.15, 0.2) is 4.99 Å². The van der Waals surface area contributed by atoms with Gasteiger partial charge in [-0.15, -0.1) is 24.0 Å². The first kappa shape index (κ1) is 18.0. The Morgan fingerprint density at radius 2 is 2.17 bits per heavy atom. The Morgan fingerprint density at radius 1 is 1.39 bits per heavy atom. The Hall–Kier alpha value is -0.0400. The number of aliphatic imine (C=N–C) groups is 1. The predicted molar refractivity (Wildman–Crippen MR) is 87.6 cm³/mol. The first-order valence-corrected chi connectivity index (χ1v) is 6.78. The summed E-state index contributed by atoms with van der Waals surface area (Å²) < 4.78 is 5.01. The summed E-state index contributed by atoms with van der Waals surface area (Å²) in [7, 11) is 1.74. The van der Waals surface area contributed by atoms with Gasteiger partial charge in [0.2, 0.25) is 0 Å². The zero-order valence-electron chi connectivity index (χ0n) is 11.7. The normalized spacial score (nSPS) is 20.7. The van der Waals surface area contributed by atoms with Crippen molar-refractivity contribution in [2.45, 2.75) is 39.0 Å². The third-order valence-electron chi connectivity index (χ3n) is 3.26. The Labute approximate surface area is 128 Å². The fourth-order valence-electron chi connectivity index (χ4n) is 2.23. The number of nitrogens with two attached hydrogens (primary N) is 1. The fraction of sp³-hybridized carbons (Fsp3) is 0.923. The zero-order valence-corrected chi connectivity index (χ0v) is 14.1. The average molecular weight is 369 g/mol. The molecule has 1 aliphatic rings. The monoisotopic (exact) mass is 369 g/mol. The largest absolute Gasteiger partial charge is 0.385 e. The molecule has 0 bridgehead atoms. The van der Waals surface area contributed by atoms with E-state index in [-0.39, 0.29) is 24.0 Å². The summed E-state index contributed by atoms with van der Waals surface area (Å²) in [5.74, 6) is 1.49. The van der Waals surface area contributed by atoms with Crippen LogP contribution in [0.25, 0.3) is 0 Å². The summed E-state index contributed by atoms with van der Waals surface area (Å²) in [6, 6.07) is 0. The van der Waals surface area contributed by atoms with Gasteiger partial charge in [0.25, 0.3) is 0 Å². The number of unbranched alkanes of at least 4 members (excludes halogenated alkanes) is 2. The van der Waals surface area contributed by atoms with Crippen LogP contribution < -0.4 is 5.73 Å². The van der Waals surface area contributed by atoms with Gasteiger partial charge in [-0.1, -0.05) is 6.92 Å². The molecule has 0 spiro atoms. The lowest BCUT2D eigenvalue weighted by molar-refractivity contribution is 0.192. The molecule has 1 rings (SSSR count). The number of piperidine rings is 1. The van der Waals surface area contributed by atoms with Gasteiger partial charge in [0.1, 0.15) is 0 Å². The first-order chi connectivity index (χ1) is 8.24. The molecule has 1 saturated heterocycles. The molecule has 0 aromatic rings. The standard InChI is InChI=1S/C13H27N3O.HI/c1-12-7-6-9-16(11-12)13(14)15-8-4-3-5-10-17-2;/h12H,3-11H2,1-2H3,(H2,14,15);1H. The number of guanidine groups is 1. The van der Waals surface area contributed by atoms with Crippen LogP contribution in [0.2, 0.25) is 0 Å². The number of hydrogen-bond donors (Lipinski definition) is 1. The van der Waals surface area contributed by atoms with Crippen molar-refractivity contribution < 1.29 is 4.74 Å². The van der Waals surface area contributed by atoms with Gasteiger partial charge in [0, 0.05) is 33.4 Å². The summed E-state index contributed by atoms with van der Waals surface area (Å²) in [6.45, 7) is 6.12. The summed E-state index contributed by atoms with van der Waals surface area (Å²) in [4.78, 5) is 6.68. The molecular formula is C13H28IN3O. The number of hydrogen-bond acceptors (Lipinski definition) is 2. The summed E-state index contributed by atoms with van der Waals surface area (Å²) >= 11 is 0. The van der Waals surface area contributed by atoms with Crippen molar-refractivity contribution in [3.63, 3.8) is 0 Å². The van der Waals surface area contributed by atoms with E-state index in [4.69, 9.17) is 10.5 Å². The second-order valence-corrected chi connectivity index (χ2v) is 4.99. The Bertz CT molecular complexity index is 236. The van der Waals surface area contributed by atoms with Crippen LogP contribution in [-0.2, 0) is 4.74 Å². The molecular weight excluding hydrogens is 341 g/mol. The number of halogens is 1. The Morgan fingerprint density at radius 3 is 2.83 bits per heavy atom. The van der Waals surface area contributed by atoms with Gasteiger partial charge in [-0.05, 0) is 38.0 Å². The van der Waals surface area contributed by atoms with Crippen LogP contribution in [0.5, 0.6) is 0 Å². The summed E-state index contributed by atoms with van der Waals surface area (Å²) in [6.07, 6.45) is 5.95. The van der Waals surface area contributed by atoms with E-state index < -0.39 is 0 Å². The third-order valence-corrected chi connectivity index (χ3v) is 3.26. The van der Waals surface area contributed by atoms with Crippen molar-refractivity contribution in [2.24, 2.45) is 16.6 Å². The summed E-state index contributed by atoms with van der Waals surface area (Å²) in [5, 5.41) is 0. The molecule has 1 unspecified atom stereocenters. The molecule has 2 N–H and O–H groups in total. The van der Waals surface area contributed by atoms with Crippen LogP contribution in [0, 0.1) is 5.92 Å². The van der Waals surface area contributed by atoms with E-state index in [1.165, 1.54) is 19.3 Å². The van der Waals surface area contributed by atoms with Gasteiger partial charge >= 0.3 is 0 Å². The number of likely N-dealkylation sites (tertiary alicyclic amines) is 1. The van der Waals surface area contributed by atoms with E-state index in [2.05, 4.69) is 16.8 Å². The highest BCUT2D eigenvalue weighted by Gasteiger charge is 2.17. The topological polar surface area (TPSA) is 50.9 Å². The minimum Gasteiger partial charge on any atom is -0.385 e. The quantitative estimate of drug-likeness (QED) is 0.339. The van der Waals surface area contributed by atoms with Crippen LogP contribution in [-0.4, -0.2) is 44.2 Å². The van der Waals surface area contributed by atoms with Gasteiger partial charge < -0.3 is 15.4 Å². The lowest BCUT2D eigenvalue weighted by Gasteiger charge is -2.31. The average Bonchev–Trinajstić information content (AvgIpc) is 2.33. The van der Waals surface area contributed by atoms with Gasteiger partial charge in [-0.25, -0.2) is 0 Å². The van der Waals surface area contributed by atoms with E-state index in [1.54, 1.807) is 7.11 Å². The van der Waals surface area contributed by atoms with Gasteiger partial charge in [0.15, 0.2) is 5.96 Å². The number of nitrogens with zero attached hydrogens (tertiary/aromatic N) is 2. The van der Waals surface area contributed by atoms with Crippen LogP contribution in [0.1, 0.15) is 39.0 Å². The Kier molecular flexibility index (Phi) is 10.8. The molecule has 108 valence electrons. The van der Waals surface area contributed by atoms with E-state index in [0.29, 0.717) is 0 Å². The van der Waals surface area contributed by atoms with Gasteiger partial charge in [-0.2, -0.15) is 0 Å². The minimum atomic E-state index is 0. The molecule has 0 aromatic heterocycles. The highest BCUT2D eigenvalue weighted by molar-refractivity contribution is 14.0. The molecule has 18 heavy (non-hydrogen) atoms. The van der Waals surface area contributed by atoms with E-state index in [0.717, 1.165) is 51.0 Å². The van der Waals surface area contributed by atoms with Crippen molar-refractivity contribution >= 4 is 29.9 Å². The molecule has 4 nitrogen and oxygen atoms in total. The minimum absolute atomic E-state index is 0. The molecule has 0 radical (unpaired) electrons. The van der Waals surface area contributed by atoms with Crippen molar-refractivity contribution in [3.05, 3.63) is 0 Å². The van der Waals surface area contributed by atoms with E-state index in [1.807, 2.05) is 0 Å². The van der Waals surface area contributed by atoms with Gasteiger partial charge in [0.05, 0.1) is 0 Å². The SMILES string of the molecule is COCCCCCN=C(N)N1CCCC(C)C1.I. The van der Waals surface area contributed by atoms with Crippen LogP contribution in [0.3, 0.4) is 0 Å². The van der Waals surface area contributed by atoms with E-state index >= 15 is 0 Å². The molecule has 0 saturated carbocycles. The highest BCUT2D eigenvalue weighted by atomic mass is 127. The Balaban J connectivity index is 0.00000289. The van der Waals surface area contributed by atoms with Crippen LogP contribution >= 0.6 is 24.0 Å². The molecule has 1 aliphatic heterocycles. The predicted octanol–water partition coefficient (Wildman–Crippen LogP) is 2.47. The third kappa shape index (κ3) is 7.41. The molecule has 0 aliphatic carbocycles. The van der Waals surface area contributed by atoms with Gasteiger partial charge in [-0.3, -0.25) is 4.99 Å². The molecule has 1 fully saturated rings. The summed E-state index contributed by atoms with van der Waals surface area (Å²) in [5.41, 5.74) is 6.00. The van der Waals surface area contributed by atoms with Crippen molar-refractivity contribution in [1.29, 1.82) is 0 Å². The lowest BCUT2D eigenvalue weighted by atomic mass is 10.0. The zero-order chi connectivity index (χ0) is 12.5. The highest BCUT2D eigenvalue weighted by Crippen LogP contribution is 2.14. The smallest absolute Gasteiger partial charge is 0.191 e. The first-order valence-electron chi connectivity index (χ1n) is 6.78. The molecule has 0 aromatic carbocycles. The van der Waals surface area contributed by atoms with Crippen LogP contribution in [0.4, 0.5) is 0 Å². The number of ether oxygens (including phenoxy) is 1. The number of rotatable bonds is 6. The maximum absolute atomic E-state index is 6.00. The van der Waals surface area contributed by atoms with E-state index in [9.17, 15) is 0 Å². The van der Waals surface area contributed by atoms with Crippen molar-refractivity contribution in [2.75, 3.05) is 33.4 Å². The van der Waals surface area contributed by atoms with Crippen molar-refractivity contribution in [1.82, 2.24) is 4.90 Å². The maximum Gasteiger partial charge on any atom is 0.191 e. The van der Waals surface area contributed by atoms with Crippen molar-refractivity contribution in [3.8, 4) is 0 Å². The fourth-order valence-corrected chi connectivity index (χ4v) is 2.23. The lowest BCUT2D eigenvalue weighted by Crippen LogP contribution is -2.43. The molecule has 1 atom stereocenters. The second-order valence-electron chi connectivity index (χ2n) is 4.99. The molecule has 0 amide bonds. The second kappa shape index (κ2) is 10.8. The maximum atomic E-state index is 6.00.